The van der Waals surface area contributed by atoms with Crippen LogP contribution in [0.1, 0.15) is 58.8 Å². The van der Waals surface area contributed by atoms with E-state index in [4.69, 9.17) is 4.74 Å². The third-order valence-corrected chi connectivity index (χ3v) is 3.99. The minimum absolute atomic E-state index is 0. The zero-order valence-corrected chi connectivity index (χ0v) is 15.6. The molecule has 0 aliphatic heterocycles. The molecule has 0 saturated heterocycles. The molecule has 6 heteroatoms. The van der Waals surface area contributed by atoms with Gasteiger partial charge in [-0.05, 0) is 37.9 Å². The number of non-ortho nitro benzene ring substituents is 1. The maximum atomic E-state index is 10.6. The lowest BCUT2D eigenvalue weighted by atomic mass is 10.1. The summed E-state index contributed by atoms with van der Waals surface area (Å²) < 4.78 is 5.67. The van der Waals surface area contributed by atoms with Crippen molar-refractivity contribution in [2.75, 3.05) is 13.2 Å². The molecular weight excluding hydrogens is 328 g/mol. The van der Waals surface area contributed by atoms with Gasteiger partial charge in [0.1, 0.15) is 5.75 Å². The van der Waals surface area contributed by atoms with Gasteiger partial charge < -0.3 is 10.1 Å². The molecule has 1 rings (SSSR count). The first-order chi connectivity index (χ1) is 11.2. The average Bonchev–Trinajstić information content (AvgIpc) is 2.56. The Kier molecular flexibility index (Phi) is 13.3. The van der Waals surface area contributed by atoms with E-state index in [9.17, 15) is 10.1 Å². The Morgan fingerprint density at radius 3 is 2.38 bits per heavy atom. The maximum Gasteiger partial charge on any atom is 0.269 e. The summed E-state index contributed by atoms with van der Waals surface area (Å²) in [5.74, 6) is 0.685. The fourth-order valence-corrected chi connectivity index (χ4v) is 2.47. The van der Waals surface area contributed by atoms with Crippen molar-refractivity contribution < 1.29 is 9.66 Å². The highest BCUT2D eigenvalue weighted by atomic mass is 35.5. The van der Waals surface area contributed by atoms with Crippen molar-refractivity contribution in [3.8, 4) is 5.75 Å². The van der Waals surface area contributed by atoms with Crippen LogP contribution in [-0.4, -0.2) is 24.1 Å². The van der Waals surface area contributed by atoms with E-state index < -0.39 is 4.92 Å². The zero-order chi connectivity index (χ0) is 16.9. The van der Waals surface area contributed by atoms with E-state index in [1.165, 1.54) is 44.2 Å². The minimum Gasteiger partial charge on any atom is -0.494 e. The molecular formula is C18H31ClN2O3. The molecule has 1 aromatic rings. The van der Waals surface area contributed by atoms with Crippen LogP contribution >= 0.6 is 12.4 Å². The smallest absolute Gasteiger partial charge is 0.269 e. The molecule has 138 valence electrons. The summed E-state index contributed by atoms with van der Waals surface area (Å²) in [5.41, 5.74) is 0.0912. The molecule has 1 unspecified atom stereocenters. The first-order valence-electron chi connectivity index (χ1n) is 8.78. The third-order valence-electron chi connectivity index (χ3n) is 3.99. The number of hydrogen-bond acceptors (Lipinski definition) is 4. The predicted molar refractivity (Wildman–Crippen MR) is 101 cm³/mol. The number of benzene rings is 1. The summed E-state index contributed by atoms with van der Waals surface area (Å²) in [5, 5.41) is 14.2. The highest BCUT2D eigenvalue weighted by molar-refractivity contribution is 5.85. The Bertz CT molecular complexity index is 440. The van der Waals surface area contributed by atoms with Gasteiger partial charge in [0.15, 0.2) is 0 Å². The lowest BCUT2D eigenvalue weighted by Crippen LogP contribution is -2.30. The monoisotopic (exact) mass is 358 g/mol. The van der Waals surface area contributed by atoms with Crippen molar-refractivity contribution in [1.82, 2.24) is 5.32 Å². The molecule has 0 fully saturated rings. The molecule has 0 spiro atoms. The zero-order valence-electron chi connectivity index (χ0n) is 14.8. The molecule has 1 aromatic carbocycles. The molecule has 0 saturated carbocycles. The van der Waals surface area contributed by atoms with E-state index in [0.717, 1.165) is 19.4 Å². The minimum atomic E-state index is -0.401. The van der Waals surface area contributed by atoms with E-state index in [1.807, 2.05) is 0 Å². The molecule has 0 aliphatic carbocycles. The molecule has 0 radical (unpaired) electrons. The fourth-order valence-electron chi connectivity index (χ4n) is 2.47. The van der Waals surface area contributed by atoms with Gasteiger partial charge in [0, 0.05) is 18.2 Å². The Hall–Kier alpha value is -1.33. The van der Waals surface area contributed by atoms with Crippen LogP contribution in [0.5, 0.6) is 5.75 Å². The van der Waals surface area contributed by atoms with Crippen LogP contribution in [0.2, 0.25) is 0 Å². The molecule has 0 aromatic heterocycles. The second kappa shape index (κ2) is 14.1. The largest absolute Gasteiger partial charge is 0.494 e. The van der Waals surface area contributed by atoms with E-state index in [1.54, 1.807) is 12.1 Å². The van der Waals surface area contributed by atoms with Gasteiger partial charge >= 0.3 is 0 Å². The van der Waals surface area contributed by atoms with Gasteiger partial charge in [-0.2, -0.15) is 0 Å². The van der Waals surface area contributed by atoms with Gasteiger partial charge in [0.25, 0.3) is 5.69 Å². The van der Waals surface area contributed by atoms with Gasteiger partial charge in [0.2, 0.25) is 0 Å². The van der Waals surface area contributed by atoms with Crippen LogP contribution < -0.4 is 10.1 Å². The lowest BCUT2D eigenvalue weighted by Gasteiger charge is -2.17. The molecule has 0 aliphatic rings. The van der Waals surface area contributed by atoms with Gasteiger partial charge in [0.05, 0.1) is 11.5 Å². The fraction of sp³-hybridized carbons (Fsp3) is 0.667. The predicted octanol–water partition coefficient (Wildman–Crippen LogP) is 5.12. The number of rotatable bonds is 13. The van der Waals surface area contributed by atoms with Crippen LogP contribution in [0, 0.1) is 10.1 Å². The molecule has 5 nitrogen and oxygen atoms in total. The topological polar surface area (TPSA) is 64.4 Å². The molecule has 0 bridgehead atoms. The number of nitro benzene ring substituents is 1. The van der Waals surface area contributed by atoms with E-state index >= 15 is 0 Å². The molecule has 1 atom stereocenters. The summed E-state index contributed by atoms with van der Waals surface area (Å²) in [6.45, 7) is 6.11. The first kappa shape index (κ1) is 22.7. The second-order valence-corrected chi connectivity index (χ2v) is 5.86. The summed E-state index contributed by atoms with van der Waals surface area (Å²) >= 11 is 0. The Labute approximate surface area is 151 Å². The summed E-state index contributed by atoms with van der Waals surface area (Å²) in [7, 11) is 0. The van der Waals surface area contributed by atoms with E-state index in [0.29, 0.717) is 18.4 Å². The Morgan fingerprint density at radius 2 is 1.79 bits per heavy atom. The number of nitrogens with one attached hydrogen (secondary N) is 1. The molecule has 0 heterocycles. The molecule has 1 N–H and O–H groups in total. The Morgan fingerprint density at radius 1 is 1.12 bits per heavy atom. The third kappa shape index (κ3) is 9.73. The van der Waals surface area contributed by atoms with E-state index in [2.05, 4.69) is 19.2 Å². The number of hydrogen-bond donors (Lipinski definition) is 1. The second-order valence-electron chi connectivity index (χ2n) is 5.86. The lowest BCUT2D eigenvalue weighted by molar-refractivity contribution is -0.384. The molecule has 0 amide bonds. The normalized spacial score (nSPS) is 11.6. The van der Waals surface area contributed by atoms with Crippen molar-refractivity contribution >= 4 is 18.1 Å². The van der Waals surface area contributed by atoms with Crippen LogP contribution in [0.4, 0.5) is 5.69 Å². The van der Waals surface area contributed by atoms with Crippen LogP contribution in [0.25, 0.3) is 0 Å². The number of nitrogens with zero attached hydrogens (tertiary/aromatic N) is 1. The molecule has 24 heavy (non-hydrogen) atoms. The van der Waals surface area contributed by atoms with Crippen molar-refractivity contribution in [2.24, 2.45) is 0 Å². The van der Waals surface area contributed by atoms with Gasteiger partial charge in [-0.3, -0.25) is 10.1 Å². The van der Waals surface area contributed by atoms with Gasteiger partial charge in [-0.25, -0.2) is 0 Å². The SMILES string of the molecule is CCCCCCCNC(CC)CCOc1ccc([N+](=O)[O-])cc1.Cl. The Balaban J connectivity index is 0.00000529. The number of nitro groups is 1. The van der Waals surface area contributed by atoms with Crippen LogP contribution in [0.3, 0.4) is 0 Å². The average molecular weight is 359 g/mol. The first-order valence-corrected chi connectivity index (χ1v) is 8.78. The van der Waals surface area contributed by atoms with Crippen LogP contribution in [0.15, 0.2) is 24.3 Å². The summed E-state index contributed by atoms with van der Waals surface area (Å²) in [6.07, 6.45) is 8.51. The van der Waals surface area contributed by atoms with Crippen molar-refractivity contribution in [1.29, 1.82) is 0 Å². The summed E-state index contributed by atoms with van der Waals surface area (Å²) in [4.78, 5) is 10.2. The number of halogens is 1. The van der Waals surface area contributed by atoms with Gasteiger partial charge in [-0.15, -0.1) is 12.4 Å². The standard InChI is InChI=1S/C18H30N2O3.ClH/c1-3-5-6-7-8-14-19-16(4-2)13-15-23-18-11-9-17(10-12-18)20(21)22;/h9-12,16,19H,3-8,13-15H2,1-2H3;1H. The summed E-state index contributed by atoms with van der Waals surface area (Å²) in [6, 6.07) is 6.72. The number of unbranched alkanes of at least 4 members (excludes halogenated alkanes) is 4. The van der Waals surface area contributed by atoms with Crippen molar-refractivity contribution in [3.05, 3.63) is 34.4 Å². The quantitative estimate of drug-likeness (QED) is 0.302. The number of ether oxygens (including phenoxy) is 1. The van der Waals surface area contributed by atoms with Gasteiger partial charge in [-0.1, -0.05) is 39.5 Å². The maximum absolute atomic E-state index is 10.6. The van der Waals surface area contributed by atoms with Crippen LogP contribution in [-0.2, 0) is 0 Å². The highest BCUT2D eigenvalue weighted by Crippen LogP contribution is 2.17. The highest BCUT2D eigenvalue weighted by Gasteiger charge is 2.07. The van der Waals surface area contributed by atoms with Crippen molar-refractivity contribution in [3.63, 3.8) is 0 Å². The van der Waals surface area contributed by atoms with E-state index in [-0.39, 0.29) is 18.1 Å². The van der Waals surface area contributed by atoms with Crippen molar-refractivity contribution in [2.45, 2.75) is 64.8 Å².